The van der Waals surface area contributed by atoms with Gasteiger partial charge in [-0.05, 0) is 17.1 Å². The van der Waals surface area contributed by atoms with E-state index in [1.54, 1.807) is 18.2 Å². The van der Waals surface area contributed by atoms with Crippen molar-refractivity contribution in [3.8, 4) is 0 Å². The molecule has 4 nitrogen and oxygen atoms in total. The second-order valence-corrected chi connectivity index (χ2v) is 5.03. The van der Waals surface area contributed by atoms with Crippen LogP contribution >= 0.6 is 0 Å². The van der Waals surface area contributed by atoms with Crippen LogP contribution in [0.5, 0.6) is 0 Å². The Morgan fingerprint density at radius 1 is 0.789 bits per heavy atom. The SMILES string of the molecule is O=C1c2ccccc2C(=O)c2c1cccc2S(=O)[O-]. The van der Waals surface area contributed by atoms with Gasteiger partial charge in [0.05, 0.1) is 0 Å². The molecule has 0 N–H and O–H groups in total. The Morgan fingerprint density at radius 3 is 2.00 bits per heavy atom. The molecule has 1 aliphatic carbocycles. The molecule has 0 radical (unpaired) electrons. The van der Waals surface area contributed by atoms with Gasteiger partial charge >= 0.3 is 0 Å². The highest BCUT2D eigenvalue weighted by molar-refractivity contribution is 7.79. The van der Waals surface area contributed by atoms with Crippen LogP contribution in [-0.2, 0) is 11.1 Å². The summed E-state index contributed by atoms with van der Waals surface area (Å²) in [5.41, 5.74) is 0.677. The third kappa shape index (κ3) is 1.67. The Balaban J connectivity index is 2.36. The van der Waals surface area contributed by atoms with Gasteiger partial charge in [-0.1, -0.05) is 36.4 Å². The number of ketones is 2. The summed E-state index contributed by atoms with van der Waals surface area (Å²) in [4.78, 5) is 24.5. The average Bonchev–Trinajstić information content (AvgIpc) is 2.44. The monoisotopic (exact) mass is 271 g/mol. The highest BCUT2D eigenvalue weighted by Crippen LogP contribution is 2.30. The Hall–Kier alpha value is -2.11. The number of carbonyl (C=O) groups excluding carboxylic acids is 2. The Bertz CT molecular complexity index is 749. The third-order valence-corrected chi connectivity index (χ3v) is 3.79. The normalized spacial score (nSPS) is 14.8. The number of hydrogen-bond donors (Lipinski definition) is 0. The highest BCUT2D eigenvalue weighted by atomic mass is 32.2. The lowest BCUT2D eigenvalue weighted by Crippen LogP contribution is -2.22. The van der Waals surface area contributed by atoms with E-state index in [-0.39, 0.29) is 27.4 Å². The van der Waals surface area contributed by atoms with Crippen LogP contribution in [0.4, 0.5) is 0 Å². The molecule has 1 atom stereocenters. The van der Waals surface area contributed by atoms with Crippen molar-refractivity contribution >= 4 is 22.6 Å². The van der Waals surface area contributed by atoms with Crippen molar-refractivity contribution in [1.82, 2.24) is 0 Å². The van der Waals surface area contributed by atoms with Crippen LogP contribution in [0.15, 0.2) is 47.4 Å². The first-order valence-electron chi connectivity index (χ1n) is 5.52. The topological polar surface area (TPSA) is 74.3 Å². The second kappa shape index (κ2) is 4.22. The first-order chi connectivity index (χ1) is 9.11. The van der Waals surface area contributed by atoms with Crippen LogP contribution in [0.3, 0.4) is 0 Å². The zero-order valence-corrected chi connectivity index (χ0v) is 10.4. The van der Waals surface area contributed by atoms with Gasteiger partial charge in [-0.2, -0.15) is 0 Å². The molecule has 0 spiro atoms. The van der Waals surface area contributed by atoms with Crippen LogP contribution < -0.4 is 0 Å². The summed E-state index contributed by atoms with van der Waals surface area (Å²) in [5.74, 6) is -0.748. The molecule has 0 fully saturated rings. The summed E-state index contributed by atoms with van der Waals surface area (Å²) >= 11 is -2.55. The molecule has 3 rings (SSSR count). The summed E-state index contributed by atoms with van der Waals surface area (Å²) < 4.78 is 22.3. The Labute approximate surface area is 111 Å². The maximum Gasteiger partial charge on any atom is 0.195 e. The smallest absolute Gasteiger partial charge is 0.195 e. The van der Waals surface area contributed by atoms with Gasteiger partial charge in [0, 0.05) is 27.1 Å². The van der Waals surface area contributed by atoms with E-state index in [9.17, 15) is 18.4 Å². The van der Waals surface area contributed by atoms with E-state index in [0.717, 1.165) is 0 Å². The first-order valence-corrected chi connectivity index (χ1v) is 6.59. The number of carbonyl (C=O) groups is 2. The lowest BCUT2D eigenvalue weighted by Gasteiger charge is -2.20. The average molecular weight is 271 g/mol. The van der Waals surface area contributed by atoms with Crippen molar-refractivity contribution in [2.24, 2.45) is 0 Å². The molecule has 0 heterocycles. The lowest BCUT2D eigenvalue weighted by atomic mass is 9.84. The molecule has 0 saturated heterocycles. The molecule has 19 heavy (non-hydrogen) atoms. The van der Waals surface area contributed by atoms with Gasteiger partial charge in [0.1, 0.15) is 0 Å². The van der Waals surface area contributed by atoms with Crippen molar-refractivity contribution in [1.29, 1.82) is 0 Å². The van der Waals surface area contributed by atoms with Gasteiger partial charge in [-0.25, -0.2) is 0 Å². The van der Waals surface area contributed by atoms with E-state index in [2.05, 4.69) is 0 Å². The summed E-state index contributed by atoms with van der Waals surface area (Å²) in [7, 11) is 0. The minimum Gasteiger partial charge on any atom is -0.768 e. The summed E-state index contributed by atoms with van der Waals surface area (Å²) in [6.07, 6.45) is 0. The van der Waals surface area contributed by atoms with E-state index in [1.807, 2.05) is 0 Å². The van der Waals surface area contributed by atoms with Crippen LogP contribution in [0.2, 0.25) is 0 Å². The minimum absolute atomic E-state index is 0.0282. The molecule has 2 aromatic rings. The van der Waals surface area contributed by atoms with Crippen LogP contribution in [0, 0.1) is 0 Å². The number of benzene rings is 2. The molecule has 0 amide bonds. The van der Waals surface area contributed by atoms with E-state index < -0.39 is 16.9 Å². The Kier molecular flexibility index (Phi) is 2.66. The van der Waals surface area contributed by atoms with Gasteiger partial charge < -0.3 is 4.55 Å². The van der Waals surface area contributed by atoms with Gasteiger partial charge in [-0.3, -0.25) is 13.8 Å². The largest absolute Gasteiger partial charge is 0.768 e. The van der Waals surface area contributed by atoms with Crippen molar-refractivity contribution in [3.05, 3.63) is 64.7 Å². The second-order valence-electron chi connectivity index (χ2n) is 4.12. The van der Waals surface area contributed by atoms with E-state index >= 15 is 0 Å². The fourth-order valence-corrected chi connectivity index (χ4v) is 2.81. The maximum absolute atomic E-state index is 12.4. The van der Waals surface area contributed by atoms with E-state index in [0.29, 0.717) is 5.56 Å². The highest BCUT2D eigenvalue weighted by Gasteiger charge is 2.31. The van der Waals surface area contributed by atoms with Gasteiger partial charge in [0.2, 0.25) is 0 Å². The molecule has 0 saturated carbocycles. The van der Waals surface area contributed by atoms with Crippen molar-refractivity contribution < 1.29 is 18.4 Å². The van der Waals surface area contributed by atoms with E-state index in [4.69, 9.17) is 0 Å². The van der Waals surface area contributed by atoms with Gasteiger partial charge in [0.15, 0.2) is 11.6 Å². The predicted molar refractivity (Wildman–Crippen MR) is 66.9 cm³/mol. The number of rotatable bonds is 1. The van der Waals surface area contributed by atoms with Crippen molar-refractivity contribution in [2.45, 2.75) is 4.90 Å². The molecule has 94 valence electrons. The zero-order valence-electron chi connectivity index (χ0n) is 9.58. The summed E-state index contributed by atoms with van der Waals surface area (Å²) in [6.45, 7) is 0. The first kappa shape index (κ1) is 12.0. The van der Waals surface area contributed by atoms with Gasteiger partial charge in [0.25, 0.3) is 0 Å². The molecule has 2 aromatic carbocycles. The molecule has 1 aliphatic rings. The fraction of sp³-hybridized carbons (Fsp3) is 0. The van der Waals surface area contributed by atoms with Gasteiger partial charge in [-0.15, -0.1) is 0 Å². The predicted octanol–water partition coefficient (Wildman–Crippen LogP) is 1.70. The summed E-state index contributed by atoms with van der Waals surface area (Å²) in [6, 6.07) is 10.7. The maximum atomic E-state index is 12.4. The molecule has 0 bridgehead atoms. The minimum atomic E-state index is -2.55. The standard InChI is InChI=1S/C14H8O4S/c15-13-8-4-1-2-5-9(8)14(16)12-10(13)6-3-7-11(12)19(17)18/h1-7H,(H,17,18)/p-1. The zero-order chi connectivity index (χ0) is 13.6. The molecule has 0 aromatic heterocycles. The molecule has 0 aliphatic heterocycles. The number of hydrogen-bond acceptors (Lipinski definition) is 4. The third-order valence-electron chi connectivity index (χ3n) is 3.09. The quantitative estimate of drug-likeness (QED) is 0.631. The molecular formula is C14H7O4S-. The molecular weight excluding hydrogens is 264 g/mol. The van der Waals surface area contributed by atoms with Crippen LogP contribution in [0.1, 0.15) is 31.8 Å². The van der Waals surface area contributed by atoms with Crippen LogP contribution in [0.25, 0.3) is 0 Å². The Morgan fingerprint density at radius 2 is 1.37 bits per heavy atom. The number of fused-ring (bicyclic) bond motifs is 2. The van der Waals surface area contributed by atoms with Crippen molar-refractivity contribution in [2.75, 3.05) is 0 Å². The van der Waals surface area contributed by atoms with Crippen LogP contribution in [-0.4, -0.2) is 20.3 Å². The molecule has 5 heteroatoms. The lowest BCUT2D eigenvalue weighted by molar-refractivity contribution is 0.0976. The fourth-order valence-electron chi connectivity index (χ4n) is 2.25. The van der Waals surface area contributed by atoms with Crippen molar-refractivity contribution in [3.63, 3.8) is 0 Å². The van der Waals surface area contributed by atoms with E-state index in [1.165, 1.54) is 24.3 Å². The molecule has 1 unspecified atom stereocenters. The summed E-state index contributed by atoms with van der Waals surface area (Å²) in [5, 5.41) is 0.